The predicted octanol–water partition coefficient (Wildman–Crippen LogP) is 4.65. The second-order valence-electron chi connectivity index (χ2n) is 8.55. The summed E-state index contributed by atoms with van der Waals surface area (Å²) >= 11 is 0. The van der Waals surface area contributed by atoms with Crippen molar-refractivity contribution in [2.75, 3.05) is 18.5 Å². The summed E-state index contributed by atoms with van der Waals surface area (Å²) < 4.78 is 7.49. The number of aliphatic hydroxyl groups excluding tert-OH is 1. The molecule has 1 amide bonds. The fraction of sp³-hybridized carbons (Fsp3) is 0.222. The molecule has 0 spiro atoms. The van der Waals surface area contributed by atoms with E-state index in [1.807, 2.05) is 61.5 Å². The Morgan fingerprint density at radius 3 is 2.66 bits per heavy atom. The molecule has 0 radical (unpaired) electrons. The van der Waals surface area contributed by atoms with Gasteiger partial charge < -0.3 is 20.1 Å². The van der Waals surface area contributed by atoms with Crippen LogP contribution in [-0.2, 0) is 0 Å². The number of carbonyl (C=O) groups excluding carboxylic acids is 1. The highest BCUT2D eigenvalue weighted by atomic mass is 16.5. The Bertz CT molecular complexity index is 1410. The number of hydrogen-bond acceptors (Lipinski definition) is 6. The molecule has 1 aliphatic heterocycles. The van der Waals surface area contributed by atoms with Crippen molar-refractivity contribution in [3.8, 4) is 17.6 Å². The van der Waals surface area contributed by atoms with Gasteiger partial charge in [0.05, 0.1) is 41.2 Å². The van der Waals surface area contributed by atoms with Crippen molar-refractivity contribution in [2.45, 2.75) is 25.8 Å². The molecule has 2 aromatic heterocycles. The lowest BCUT2D eigenvalue weighted by Crippen LogP contribution is -2.37. The Kier molecular flexibility index (Phi) is 6.08. The molecule has 0 bridgehead atoms. The van der Waals surface area contributed by atoms with Crippen molar-refractivity contribution in [3.63, 3.8) is 0 Å². The summed E-state index contributed by atoms with van der Waals surface area (Å²) in [5.41, 5.74) is 3.63. The molecule has 4 aromatic rings. The first-order valence-corrected chi connectivity index (χ1v) is 11.5. The van der Waals surface area contributed by atoms with E-state index >= 15 is 0 Å². The van der Waals surface area contributed by atoms with Gasteiger partial charge in [0.25, 0.3) is 5.91 Å². The number of hydrogen-bond donors (Lipinski definition) is 2. The summed E-state index contributed by atoms with van der Waals surface area (Å²) in [4.78, 5) is 15.0. The Morgan fingerprint density at radius 1 is 1.20 bits per heavy atom. The van der Waals surface area contributed by atoms with Gasteiger partial charge >= 0.3 is 0 Å². The number of benzene rings is 2. The van der Waals surface area contributed by atoms with Crippen molar-refractivity contribution in [3.05, 3.63) is 83.7 Å². The van der Waals surface area contributed by atoms with Gasteiger partial charge in [-0.3, -0.25) is 4.79 Å². The summed E-state index contributed by atoms with van der Waals surface area (Å²) in [5, 5.41) is 27.1. The quantitative estimate of drug-likeness (QED) is 0.428. The third kappa shape index (κ3) is 4.29. The molecule has 8 heteroatoms. The first kappa shape index (κ1) is 22.4. The molecule has 1 atom stereocenters. The van der Waals surface area contributed by atoms with Crippen molar-refractivity contribution in [2.24, 2.45) is 0 Å². The van der Waals surface area contributed by atoms with Crippen LogP contribution in [0.5, 0.6) is 11.5 Å². The lowest BCUT2D eigenvalue weighted by atomic mass is 10.1. The SMILES string of the molecule is Cc1c(C(=O)N2CCC[C@H]2CO)cn2ncc(C#N)c(Nc3ccc(Oc4ccccc4)cc3)c12. The number of rotatable bonds is 6. The molecule has 8 nitrogen and oxygen atoms in total. The highest BCUT2D eigenvalue weighted by molar-refractivity contribution is 6.00. The fourth-order valence-electron chi connectivity index (χ4n) is 4.54. The zero-order chi connectivity index (χ0) is 24.4. The topological polar surface area (TPSA) is 103 Å². The van der Waals surface area contributed by atoms with Gasteiger partial charge in [0.15, 0.2) is 0 Å². The van der Waals surface area contributed by atoms with Crippen LogP contribution in [0.15, 0.2) is 67.0 Å². The molecule has 1 aliphatic rings. The number of amides is 1. The average Bonchev–Trinajstić information content (AvgIpc) is 3.50. The van der Waals surface area contributed by atoms with Crippen molar-refractivity contribution in [1.82, 2.24) is 14.5 Å². The van der Waals surface area contributed by atoms with Gasteiger partial charge in [-0.15, -0.1) is 0 Å². The standard InChI is InChI=1S/C27H25N5O3/c1-18-24(27(34)31-13-5-6-21(31)17-33)16-32-26(18)25(19(14-28)15-29-32)30-20-9-11-23(12-10-20)35-22-7-3-2-4-8-22/h2-4,7-12,15-16,21,30,33H,5-6,13,17H2,1H3/t21-/m0/s1. The van der Waals surface area contributed by atoms with E-state index in [1.54, 1.807) is 15.6 Å². The van der Waals surface area contributed by atoms with Crippen molar-refractivity contribution >= 4 is 22.8 Å². The minimum absolute atomic E-state index is 0.0498. The summed E-state index contributed by atoms with van der Waals surface area (Å²) in [6.45, 7) is 2.43. The fourth-order valence-corrected chi connectivity index (χ4v) is 4.54. The monoisotopic (exact) mass is 467 g/mol. The lowest BCUT2D eigenvalue weighted by molar-refractivity contribution is 0.0677. The maximum Gasteiger partial charge on any atom is 0.256 e. The number of likely N-dealkylation sites (tertiary alicyclic amines) is 1. The third-order valence-electron chi connectivity index (χ3n) is 6.36. The van der Waals surface area contributed by atoms with E-state index in [2.05, 4.69) is 16.5 Å². The molecule has 0 aliphatic carbocycles. The molecule has 1 fully saturated rings. The van der Waals surface area contributed by atoms with E-state index in [-0.39, 0.29) is 18.6 Å². The highest BCUT2D eigenvalue weighted by Gasteiger charge is 2.31. The van der Waals surface area contributed by atoms with E-state index in [9.17, 15) is 15.2 Å². The second-order valence-corrected chi connectivity index (χ2v) is 8.55. The number of anilines is 2. The summed E-state index contributed by atoms with van der Waals surface area (Å²) in [7, 11) is 0. The largest absolute Gasteiger partial charge is 0.457 e. The maximum atomic E-state index is 13.3. The van der Waals surface area contributed by atoms with Gasteiger partial charge in [-0.05, 0) is 61.7 Å². The summed E-state index contributed by atoms with van der Waals surface area (Å²) in [6.07, 6.45) is 4.85. The number of ether oxygens (including phenoxy) is 1. The van der Waals surface area contributed by atoms with E-state index in [0.717, 1.165) is 29.8 Å². The van der Waals surface area contributed by atoms with Crippen molar-refractivity contribution < 1.29 is 14.6 Å². The van der Waals surface area contributed by atoms with Crippen LogP contribution in [0.4, 0.5) is 11.4 Å². The number of aryl methyl sites for hydroxylation is 1. The number of nitrogens with one attached hydrogen (secondary N) is 1. The summed E-state index contributed by atoms with van der Waals surface area (Å²) in [6, 6.07) is 19.0. The van der Waals surface area contributed by atoms with E-state index < -0.39 is 0 Å². The molecule has 35 heavy (non-hydrogen) atoms. The number of para-hydroxylation sites is 1. The Labute approximate surface area is 203 Å². The Balaban J connectivity index is 1.47. The van der Waals surface area contributed by atoms with Crippen LogP contribution in [0.1, 0.15) is 34.3 Å². The number of fused-ring (bicyclic) bond motifs is 1. The normalized spacial score (nSPS) is 15.2. The maximum absolute atomic E-state index is 13.3. The molecule has 5 rings (SSSR count). The molecule has 3 heterocycles. The van der Waals surface area contributed by atoms with Crippen LogP contribution in [0.25, 0.3) is 5.52 Å². The predicted molar refractivity (Wildman–Crippen MR) is 132 cm³/mol. The zero-order valence-corrected chi connectivity index (χ0v) is 19.3. The Morgan fingerprint density at radius 2 is 1.94 bits per heavy atom. The van der Waals surface area contributed by atoms with Crippen LogP contribution < -0.4 is 10.1 Å². The zero-order valence-electron chi connectivity index (χ0n) is 19.3. The van der Waals surface area contributed by atoms with Crippen LogP contribution in [0.2, 0.25) is 0 Å². The number of nitriles is 1. The molecule has 2 aromatic carbocycles. The molecular weight excluding hydrogens is 442 g/mol. The van der Waals surface area contributed by atoms with Crippen LogP contribution in [0, 0.1) is 18.3 Å². The van der Waals surface area contributed by atoms with Gasteiger partial charge in [0.1, 0.15) is 17.6 Å². The molecule has 2 N–H and O–H groups in total. The second kappa shape index (κ2) is 9.49. The molecule has 1 saturated heterocycles. The van der Waals surface area contributed by atoms with Gasteiger partial charge in [0, 0.05) is 18.4 Å². The van der Waals surface area contributed by atoms with Crippen LogP contribution in [0.3, 0.4) is 0 Å². The smallest absolute Gasteiger partial charge is 0.256 e. The molecule has 176 valence electrons. The van der Waals surface area contributed by atoms with Crippen molar-refractivity contribution in [1.29, 1.82) is 5.26 Å². The lowest BCUT2D eigenvalue weighted by Gasteiger charge is -2.22. The van der Waals surface area contributed by atoms with E-state index in [1.165, 1.54) is 6.20 Å². The van der Waals surface area contributed by atoms with Crippen LogP contribution in [-0.4, -0.2) is 44.7 Å². The Hall–Kier alpha value is -4.35. The number of aliphatic hydroxyl groups is 1. The van der Waals surface area contributed by atoms with E-state index in [0.29, 0.717) is 34.6 Å². The highest BCUT2D eigenvalue weighted by Crippen LogP contribution is 2.32. The molecule has 0 saturated carbocycles. The molecule has 0 unspecified atom stereocenters. The number of nitrogens with zero attached hydrogens (tertiary/aromatic N) is 4. The first-order valence-electron chi connectivity index (χ1n) is 11.5. The first-order chi connectivity index (χ1) is 17.1. The average molecular weight is 468 g/mol. The van der Waals surface area contributed by atoms with E-state index in [4.69, 9.17) is 4.74 Å². The van der Waals surface area contributed by atoms with Crippen LogP contribution >= 0.6 is 0 Å². The number of aromatic nitrogens is 2. The minimum Gasteiger partial charge on any atom is -0.457 e. The van der Waals surface area contributed by atoms with Gasteiger partial charge in [-0.2, -0.15) is 10.4 Å². The van der Waals surface area contributed by atoms with Gasteiger partial charge in [-0.1, -0.05) is 18.2 Å². The van der Waals surface area contributed by atoms with Gasteiger partial charge in [0.2, 0.25) is 0 Å². The third-order valence-corrected chi connectivity index (χ3v) is 6.36. The number of carbonyl (C=O) groups is 1. The minimum atomic E-state index is -0.165. The summed E-state index contributed by atoms with van der Waals surface area (Å²) in [5.74, 6) is 1.31. The van der Waals surface area contributed by atoms with Gasteiger partial charge in [-0.25, -0.2) is 4.52 Å². The molecular formula is C27H25N5O3.